The Labute approximate surface area is 120 Å². The van der Waals surface area contributed by atoms with E-state index in [2.05, 4.69) is 17.6 Å². The van der Waals surface area contributed by atoms with Gasteiger partial charge in [0.1, 0.15) is 11.6 Å². The molecule has 0 aromatic heterocycles. The molecule has 108 valence electrons. The molecule has 1 aliphatic carbocycles. The SMILES string of the molecule is NNC(=NC1CCCCC1)C1CCOc2ccccc21. The molecule has 1 aromatic carbocycles. The number of para-hydroxylation sites is 1. The van der Waals surface area contributed by atoms with Crippen molar-refractivity contribution in [2.45, 2.75) is 50.5 Å². The average molecular weight is 273 g/mol. The Kier molecular flexibility index (Phi) is 4.21. The fourth-order valence-electron chi connectivity index (χ4n) is 3.26. The summed E-state index contributed by atoms with van der Waals surface area (Å²) in [5.74, 6) is 7.89. The molecule has 2 aliphatic rings. The van der Waals surface area contributed by atoms with E-state index in [0.29, 0.717) is 6.04 Å². The van der Waals surface area contributed by atoms with E-state index in [-0.39, 0.29) is 5.92 Å². The number of aliphatic imine (C=N–C) groups is 1. The number of nitrogens with one attached hydrogen (secondary N) is 1. The van der Waals surface area contributed by atoms with Crippen LogP contribution in [0.4, 0.5) is 0 Å². The maximum atomic E-state index is 5.76. The molecular formula is C16H23N3O. The Morgan fingerprint density at radius 3 is 2.75 bits per heavy atom. The predicted octanol–water partition coefficient (Wildman–Crippen LogP) is 2.75. The van der Waals surface area contributed by atoms with Crippen molar-refractivity contribution in [1.82, 2.24) is 5.43 Å². The molecule has 3 N–H and O–H groups in total. The monoisotopic (exact) mass is 273 g/mol. The summed E-state index contributed by atoms with van der Waals surface area (Å²) in [5.41, 5.74) is 4.05. The van der Waals surface area contributed by atoms with Crippen molar-refractivity contribution in [2.24, 2.45) is 10.8 Å². The minimum atomic E-state index is 0.242. The van der Waals surface area contributed by atoms with Crippen LogP contribution in [-0.2, 0) is 0 Å². The van der Waals surface area contributed by atoms with E-state index in [0.717, 1.165) is 24.6 Å². The summed E-state index contributed by atoms with van der Waals surface area (Å²) in [4.78, 5) is 4.90. The average Bonchev–Trinajstić information content (AvgIpc) is 2.53. The lowest BCUT2D eigenvalue weighted by Crippen LogP contribution is -2.38. The Hall–Kier alpha value is -1.55. The third kappa shape index (κ3) is 2.80. The number of rotatable bonds is 2. The molecule has 3 rings (SSSR count). The molecule has 1 unspecified atom stereocenters. The molecule has 1 saturated carbocycles. The van der Waals surface area contributed by atoms with Crippen molar-refractivity contribution in [2.75, 3.05) is 6.61 Å². The molecule has 20 heavy (non-hydrogen) atoms. The van der Waals surface area contributed by atoms with Crippen LogP contribution in [0.15, 0.2) is 29.3 Å². The summed E-state index contributed by atoms with van der Waals surface area (Å²) in [6.07, 6.45) is 7.24. The highest BCUT2D eigenvalue weighted by Crippen LogP contribution is 2.34. The van der Waals surface area contributed by atoms with Crippen LogP contribution >= 0.6 is 0 Å². The highest BCUT2D eigenvalue weighted by atomic mass is 16.5. The molecule has 0 amide bonds. The van der Waals surface area contributed by atoms with Crippen molar-refractivity contribution in [3.05, 3.63) is 29.8 Å². The zero-order valence-corrected chi connectivity index (χ0v) is 11.8. The van der Waals surface area contributed by atoms with Gasteiger partial charge in [-0.05, 0) is 25.3 Å². The molecule has 0 spiro atoms. The summed E-state index contributed by atoms with van der Waals surface area (Å²) >= 11 is 0. The number of hydrogen-bond acceptors (Lipinski definition) is 3. The molecule has 1 aromatic rings. The van der Waals surface area contributed by atoms with Gasteiger partial charge in [0.25, 0.3) is 0 Å². The van der Waals surface area contributed by atoms with E-state index in [4.69, 9.17) is 15.6 Å². The van der Waals surface area contributed by atoms with Gasteiger partial charge in [-0.1, -0.05) is 37.5 Å². The molecule has 4 nitrogen and oxygen atoms in total. The number of nitrogens with two attached hydrogens (primary N) is 1. The van der Waals surface area contributed by atoms with Crippen LogP contribution in [-0.4, -0.2) is 18.5 Å². The smallest absolute Gasteiger partial charge is 0.123 e. The highest BCUT2D eigenvalue weighted by Gasteiger charge is 2.26. The third-order valence-electron chi connectivity index (χ3n) is 4.33. The molecule has 1 aliphatic heterocycles. The van der Waals surface area contributed by atoms with Gasteiger partial charge in [-0.3, -0.25) is 4.99 Å². The van der Waals surface area contributed by atoms with E-state index in [9.17, 15) is 0 Å². The number of nitrogens with zero attached hydrogens (tertiary/aromatic N) is 1. The molecule has 4 heteroatoms. The number of fused-ring (bicyclic) bond motifs is 1. The summed E-state index contributed by atoms with van der Waals surface area (Å²) in [6.45, 7) is 0.729. The summed E-state index contributed by atoms with van der Waals surface area (Å²) in [6, 6.07) is 8.64. The van der Waals surface area contributed by atoms with Crippen LogP contribution in [0.2, 0.25) is 0 Å². The summed E-state index contributed by atoms with van der Waals surface area (Å²) in [5, 5.41) is 0. The van der Waals surface area contributed by atoms with Gasteiger partial charge >= 0.3 is 0 Å². The summed E-state index contributed by atoms with van der Waals surface area (Å²) in [7, 11) is 0. The largest absolute Gasteiger partial charge is 0.493 e. The second-order valence-corrected chi connectivity index (χ2v) is 5.68. The van der Waals surface area contributed by atoms with Gasteiger partial charge in [-0.25, -0.2) is 5.84 Å². The van der Waals surface area contributed by atoms with Gasteiger partial charge in [0, 0.05) is 11.5 Å². The van der Waals surface area contributed by atoms with Gasteiger partial charge in [0.15, 0.2) is 0 Å². The number of benzene rings is 1. The first-order valence-electron chi connectivity index (χ1n) is 7.64. The van der Waals surface area contributed by atoms with Gasteiger partial charge in [0.2, 0.25) is 0 Å². The third-order valence-corrected chi connectivity index (χ3v) is 4.33. The zero-order chi connectivity index (χ0) is 13.8. The van der Waals surface area contributed by atoms with Crippen molar-refractivity contribution in [3.8, 4) is 5.75 Å². The maximum absolute atomic E-state index is 5.76. The first kappa shape index (κ1) is 13.4. The van der Waals surface area contributed by atoms with E-state index >= 15 is 0 Å². The quantitative estimate of drug-likeness (QED) is 0.377. The lowest BCUT2D eigenvalue weighted by atomic mass is 9.91. The maximum Gasteiger partial charge on any atom is 0.123 e. The van der Waals surface area contributed by atoms with E-state index in [1.807, 2.05) is 12.1 Å². The first-order chi connectivity index (χ1) is 9.88. The molecule has 0 radical (unpaired) electrons. The minimum Gasteiger partial charge on any atom is -0.493 e. The highest BCUT2D eigenvalue weighted by molar-refractivity contribution is 5.89. The van der Waals surface area contributed by atoms with Gasteiger partial charge in [0.05, 0.1) is 12.6 Å². The van der Waals surface area contributed by atoms with Crippen LogP contribution in [0.5, 0.6) is 5.75 Å². The fraction of sp³-hybridized carbons (Fsp3) is 0.562. The fourth-order valence-corrected chi connectivity index (χ4v) is 3.26. The number of ether oxygens (including phenoxy) is 1. The number of amidine groups is 1. The number of hydrogen-bond donors (Lipinski definition) is 2. The minimum absolute atomic E-state index is 0.242. The normalized spacial score (nSPS) is 23.9. The first-order valence-corrected chi connectivity index (χ1v) is 7.64. The molecule has 1 fully saturated rings. The van der Waals surface area contributed by atoms with Crippen LogP contribution in [0.3, 0.4) is 0 Å². The lowest BCUT2D eigenvalue weighted by molar-refractivity contribution is 0.281. The van der Waals surface area contributed by atoms with Gasteiger partial charge in [-0.15, -0.1) is 0 Å². The Morgan fingerprint density at radius 1 is 1.15 bits per heavy atom. The van der Waals surface area contributed by atoms with Crippen LogP contribution < -0.4 is 16.0 Å². The Bertz CT molecular complexity index is 480. The van der Waals surface area contributed by atoms with Crippen LogP contribution in [0.25, 0.3) is 0 Å². The second kappa shape index (κ2) is 6.27. The van der Waals surface area contributed by atoms with Crippen molar-refractivity contribution in [3.63, 3.8) is 0 Å². The lowest BCUT2D eigenvalue weighted by Gasteiger charge is -2.28. The van der Waals surface area contributed by atoms with Crippen molar-refractivity contribution < 1.29 is 4.74 Å². The van der Waals surface area contributed by atoms with E-state index in [1.165, 1.54) is 37.7 Å². The molecule has 1 heterocycles. The molecular weight excluding hydrogens is 250 g/mol. The Morgan fingerprint density at radius 2 is 1.95 bits per heavy atom. The van der Waals surface area contributed by atoms with Gasteiger partial charge in [-0.2, -0.15) is 0 Å². The number of hydrazine groups is 1. The standard InChI is InChI=1S/C16H23N3O/c17-19-16(18-12-6-2-1-3-7-12)14-10-11-20-15-9-5-4-8-13(14)15/h4-5,8-9,12,14H,1-3,6-7,10-11,17H2,(H,18,19). The molecule has 1 atom stereocenters. The summed E-state index contributed by atoms with van der Waals surface area (Å²) < 4.78 is 5.71. The van der Waals surface area contributed by atoms with E-state index < -0.39 is 0 Å². The van der Waals surface area contributed by atoms with Crippen LogP contribution in [0.1, 0.15) is 50.0 Å². The van der Waals surface area contributed by atoms with E-state index in [1.54, 1.807) is 0 Å². The molecule has 0 saturated heterocycles. The zero-order valence-electron chi connectivity index (χ0n) is 11.8. The predicted molar refractivity (Wildman–Crippen MR) is 80.9 cm³/mol. The van der Waals surface area contributed by atoms with Crippen molar-refractivity contribution >= 4 is 5.84 Å². The van der Waals surface area contributed by atoms with Gasteiger partial charge < -0.3 is 10.2 Å². The second-order valence-electron chi connectivity index (χ2n) is 5.68. The molecule has 0 bridgehead atoms. The van der Waals surface area contributed by atoms with Crippen molar-refractivity contribution in [1.29, 1.82) is 0 Å². The van der Waals surface area contributed by atoms with Crippen LogP contribution in [0, 0.1) is 0 Å². The Balaban J connectivity index is 1.84. The topological polar surface area (TPSA) is 59.6 Å².